The molecule has 0 aliphatic carbocycles. The molecule has 1 fully saturated rings. The van der Waals surface area contributed by atoms with Gasteiger partial charge in [0.25, 0.3) is 5.91 Å². The molecule has 1 saturated heterocycles. The zero-order valence-electron chi connectivity index (χ0n) is 13.8. The number of unbranched alkanes of at least 4 members (excludes halogenated alkanes) is 1. The Balaban J connectivity index is 1.94. The van der Waals surface area contributed by atoms with Gasteiger partial charge in [-0.15, -0.1) is 0 Å². The van der Waals surface area contributed by atoms with Crippen molar-refractivity contribution in [3.05, 3.63) is 29.8 Å². The molecule has 2 amide bonds. The highest BCUT2D eigenvalue weighted by Crippen LogP contribution is 2.20. The highest BCUT2D eigenvalue weighted by Gasteiger charge is 2.21. The summed E-state index contributed by atoms with van der Waals surface area (Å²) in [6.07, 6.45) is 4.49. The van der Waals surface area contributed by atoms with Crippen molar-refractivity contribution in [3.63, 3.8) is 0 Å². The van der Waals surface area contributed by atoms with Gasteiger partial charge in [-0.25, -0.2) is 0 Å². The van der Waals surface area contributed by atoms with E-state index in [1.807, 2.05) is 4.90 Å². The third-order valence-electron chi connectivity index (χ3n) is 4.12. The molecule has 1 aromatic rings. The number of carbonyl (C=O) groups excluding carboxylic acids is 2. The molecule has 2 N–H and O–H groups in total. The molecule has 1 aliphatic heterocycles. The van der Waals surface area contributed by atoms with E-state index in [2.05, 4.69) is 5.32 Å². The van der Waals surface area contributed by atoms with Crippen molar-refractivity contribution in [3.8, 4) is 0 Å². The van der Waals surface area contributed by atoms with Crippen molar-refractivity contribution in [2.75, 3.05) is 18.4 Å². The maximum atomic E-state index is 12.6. The number of piperidine rings is 1. The molecule has 6 heteroatoms. The van der Waals surface area contributed by atoms with E-state index in [4.69, 9.17) is 5.11 Å². The molecular weight excluding hydrogens is 308 g/mol. The lowest BCUT2D eigenvalue weighted by molar-refractivity contribution is -0.137. The van der Waals surface area contributed by atoms with Gasteiger partial charge in [0, 0.05) is 25.9 Å². The number of hydrogen-bond donors (Lipinski definition) is 2. The Morgan fingerprint density at radius 1 is 1.00 bits per heavy atom. The molecule has 1 aliphatic rings. The first-order valence-corrected chi connectivity index (χ1v) is 8.48. The second kappa shape index (κ2) is 9.05. The standard InChI is InChI=1S/C18H24N2O4/c21-16(10-4-5-11-17(22)23)19-15-9-3-2-8-14(15)18(24)20-12-6-1-7-13-20/h2-3,8-9H,1,4-7,10-13H2,(H,19,21)(H,22,23). The summed E-state index contributed by atoms with van der Waals surface area (Å²) in [5.74, 6) is -1.09. The van der Waals surface area contributed by atoms with Gasteiger partial charge in [0.2, 0.25) is 5.91 Å². The van der Waals surface area contributed by atoms with Gasteiger partial charge in [-0.1, -0.05) is 12.1 Å². The van der Waals surface area contributed by atoms with Crippen molar-refractivity contribution in [1.82, 2.24) is 4.90 Å². The molecule has 2 rings (SSSR count). The van der Waals surface area contributed by atoms with Crippen LogP contribution in [0.15, 0.2) is 24.3 Å². The summed E-state index contributed by atoms with van der Waals surface area (Å²) in [5.41, 5.74) is 1.04. The summed E-state index contributed by atoms with van der Waals surface area (Å²) < 4.78 is 0. The predicted molar refractivity (Wildman–Crippen MR) is 90.9 cm³/mol. The number of rotatable bonds is 7. The summed E-state index contributed by atoms with van der Waals surface area (Å²) in [5, 5.41) is 11.4. The first-order chi connectivity index (χ1) is 11.6. The molecule has 130 valence electrons. The molecule has 0 saturated carbocycles. The number of aliphatic carboxylic acids is 1. The molecule has 24 heavy (non-hydrogen) atoms. The number of amides is 2. The Morgan fingerprint density at radius 3 is 2.38 bits per heavy atom. The van der Waals surface area contributed by atoms with Crippen molar-refractivity contribution >= 4 is 23.5 Å². The summed E-state index contributed by atoms with van der Waals surface area (Å²) >= 11 is 0. The number of benzene rings is 1. The van der Waals surface area contributed by atoms with E-state index in [1.165, 1.54) is 0 Å². The van der Waals surface area contributed by atoms with E-state index >= 15 is 0 Å². The van der Waals surface area contributed by atoms with Crippen LogP contribution in [0, 0.1) is 0 Å². The molecule has 0 aromatic heterocycles. The van der Waals surface area contributed by atoms with Gasteiger partial charge in [0.15, 0.2) is 0 Å². The fourth-order valence-corrected chi connectivity index (χ4v) is 2.82. The van der Waals surface area contributed by atoms with E-state index in [1.54, 1.807) is 24.3 Å². The van der Waals surface area contributed by atoms with Gasteiger partial charge in [0.1, 0.15) is 0 Å². The van der Waals surface area contributed by atoms with Gasteiger partial charge in [-0.2, -0.15) is 0 Å². The Bertz CT molecular complexity index is 594. The molecule has 6 nitrogen and oxygen atoms in total. The lowest BCUT2D eigenvalue weighted by atomic mass is 10.1. The number of carbonyl (C=O) groups is 3. The number of hydrogen-bond acceptors (Lipinski definition) is 3. The zero-order chi connectivity index (χ0) is 17.4. The Morgan fingerprint density at radius 2 is 1.67 bits per heavy atom. The van der Waals surface area contributed by atoms with Crippen LogP contribution in [0.5, 0.6) is 0 Å². The number of carboxylic acids is 1. The number of carboxylic acid groups (broad SMARTS) is 1. The third-order valence-corrected chi connectivity index (χ3v) is 4.12. The van der Waals surface area contributed by atoms with Crippen LogP contribution >= 0.6 is 0 Å². The fraction of sp³-hybridized carbons (Fsp3) is 0.500. The zero-order valence-corrected chi connectivity index (χ0v) is 13.8. The average molecular weight is 332 g/mol. The van der Waals surface area contributed by atoms with Gasteiger partial charge in [0.05, 0.1) is 11.3 Å². The van der Waals surface area contributed by atoms with Crippen molar-refractivity contribution < 1.29 is 19.5 Å². The average Bonchev–Trinajstić information content (AvgIpc) is 2.59. The van der Waals surface area contributed by atoms with Crippen LogP contribution in [-0.2, 0) is 9.59 Å². The summed E-state index contributed by atoms with van der Waals surface area (Å²) in [4.78, 5) is 37.0. The maximum absolute atomic E-state index is 12.6. The monoisotopic (exact) mass is 332 g/mol. The second-order valence-electron chi connectivity index (χ2n) is 6.05. The van der Waals surface area contributed by atoms with Gasteiger partial charge in [-0.3, -0.25) is 14.4 Å². The summed E-state index contributed by atoms with van der Waals surface area (Å²) in [6, 6.07) is 7.04. The first-order valence-electron chi connectivity index (χ1n) is 8.48. The van der Waals surface area contributed by atoms with Crippen LogP contribution in [0.4, 0.5) is 5.69 Å². The second-order valence-corrected chi connectivity index (χ2v) is 6.05. The SMILES string of the molecule is O=C(O)CCCCC(=O)Nc1ccccc1C(=O)N1CCCCC1. The van der Waals surface area contributed by atoms with Crippen LogP contribution < -0.4 is 5.32 Å². The minimum atomic E-state index is -0.854. The number of nitrogens with zero attached hydrogens (tertiary/aromatic N) is 1. The van der Waals surface area contributed by atoms with E-state index in [0.717, 1.165) is 32.4 Å². The Hall–Kier alpha value is -2.37. The molecule has 0 unspecified atom stereocenters. The minimum absolute atomic E-state index is 0.0449. The quantitative estimate of drug-likeness (QED) is 0.752. The van der Waals surface area contributed by atoms with Crippen LogP contribution in [0.3, 0.4) is 0 Å². The van der Waals surface area contributed by atoms with E-state index in [9.17, 15) is 14.4 Å². The molecule has 1 aromatic carbocycles. The Labute approximate surface area is 141 Å². The number of anilines is 1. The highest BCUT2D eigenvalue weighted by molar-refractivity contribution is 6.03. The first kappa shape index (κ1) is 18.0. The summed E-state index contributed by atoms with van der Waals surface area (Å²) in [7, 11) is 0. The molecule has 1 heterocycles. The van der Waals surface area contributed by atoms with Gasteiger partial charge >= 0.3 is 5.97 Å². The van der Waals surface area contributed by atoms with Crippen molar-refractivity contribution in [2.24, 2.45) is 0 Å². The Kier molecular flexibility index (Phi) is 6.78. The fourth-order valence-electron chi connectivity index (χ4n) is 2.82. The topological polar surface area (TPSA) is 86.7 Å². The third kappa shape index (κ3) is 5.37. The maximum Gasteiger partial charge on any atom is 0.303 e. The molecule has 0 atom stereocenters. The number of para-hydroxylation sites is 1. The van der Waals surface area contributed by atoms with Crippen LogP contribution in [-0.4, -0.2) is 40.9 Å². The van der Waals surface area contributed by atoms with Crippen molar-refractivity contribution in [1.29, 1.82) is 0 Å². The van der Waals surface area contributed by atoms with Gasteiger partial charge < -0.3 is 15.3 Å². The smallest absolute Gasteiger partial charge is 0.303 e. The molecular formula is C18H24N2O4. The lowest BCUT2D eigenvalue weighted by Gasteiger charge is -2.27. The minimum Gasteiger partial charge on any atom is -0.481 e. The molecule has 0 bridgehead atoms. The van der Waals surface area contributed by atoms with Crippen LogP contribution in [0.1, 0.15) is 55.3 Å². The van der Waals surface area contributed by atoms with E-state index < -0.39 is 5.97 Å². The van der Waals surface area contributed by atoms with Crippen LogP contribution in [0.25, 0.3) is 0 Å². The van der Waals surface area contributed by atoms with Crippen molar-refractivity contribution in [2.45, 2.75) is 44.9 Å². The van der Waals surface area contributed by atoms with Gasteiger partial charge in [-0.05, 0) is 44.2 Å². The predicted octanol–water partition coefficient (Wildman–Crippen LogP) is 2.90. The number of likely N-dealkylation sites (tertiary alicyclic amines) is 1. The van der Waals surface area contributed by atoms with E-state index in [0.29, 0.717) is 24.1 Å². The van der Waals surface area contributed by atoms with Crippen LogP contribution in [0.2, 0.25) is 0 Å². The normalized spacial score (nSPS) is 14.2. The lowest BCUT2D eigenvalue weighted by Crippen LogP contribution is -2.36. The number of nitrogens with one attached hydrogen (secondary N) is 1. The highest BCUT2D eigenvalue weighted by atomic mass is 16.4. The largest absolute Gasteiger partial charge is 0.481 e. The van der Waals surface area contributed by atoms with E-state index in [-0.39, 0.29) is 24.7 Å². The molecule has 0 radical (unpaired) electrons. The summed E-state index contributed by atoms with van der Waals surface area (Å²) in [6.45, 7) is 1.52. The molecule has 0 spiro atoms.